The molecule has 2 aromatic heterocycles. The number of carbonyl (C=O) groups is 1. The minimum absolute atomic E-state index is 0.00620. The van der Waals surface area contributed by atoms with E-state index in [1.807, 2.05) is 18.1 Å². The van der Waals surface area contributed by atoms with Crippen LogP contribution in [0.5, 0.6) is 0 Å². The van der Waals surface area contributed by atoms with Gasteiger partial charge in [-0.2, -0.15) is 10.2 Å². The lowest BCUT2D eigenvalue weighted by Crippen LogP contribution is -2.39. The van der Waals surface area contributed by atoms with Crippen molar-refractivity contribution in [3.05, 3.63) is 59.7 Å². The highest BCUT2D eigenvalue weighted by molar-refractivity contribution is 5.92. The first kappa shape index (κ1) is 16.6. The largest absolute Gasteiger partial charge is 0.337 e. The molecule has 26 heavy (non-hydrogen) atoms. The number of benzene rings is 1. The van der Waals surface area contributed by atoms with Gasteiger partial charge in [-0.25, -0.2) is 0 Å². The smallest absolute Gasteiger partial charge is 0.274 e. The van der Waals surface area contributed by atoms with E-state index in [0.29, 0.717) is 12.2 Å². The van der Waals surface area contributed by atoms with Gasteiger partial charge in [0.1, 0.15) is 5.69 Å². The molecule has 1 aromatic carbocycles. The fraction of sp³-hybridized carbons (Fsp3) is 0.350. The van der Waals surface area contributed by atoms with Gasteiger partial charge >= 0.3 is 0 Å². The van der Waals surface area contributed by atoms with Crippen LogP contribution in [0, 0.1) is 6.92 Å². The van der Waals surface area contributed by atoms with Crippen LogP contribution in [-0.2, 0) is 7.05 Å². The fourth-order valence-corrected chi connectivity index (χ4v) is 3.66. The molecule has 0 bridgehead atoms. The quantitative estimate of drug-likeness (QED) is 0.790. The highest BCUT2D eigenvalue weighted by Crippen LogP contribution is 2.33. The van der Waals surface area contributed by atoms with Crippen molar-refractivity contribution < 1.29 is 4.79 Å². The van der Waals surface area contributed by atoms with E-state index in [1.165, 1.54) is 5.56 Å². The van der Waals surface area contributed by atoms with E-state index in [1.54, 1.807) is 16.9 Å². The first-order chi connectivity index (χ1) is 12.6. The molecule has 0 unspecified atom stereocenters. The van der Waals surface area contributed by atoms with E-state index < -0.39 is 0 Å². The van der Waals surface area contributed by atoms with Crippen LogP contribution in [0.4, 0.5) is 0 Å². The molecule has 1 amide bonds. The van der Waals surface area contributed by atoms with Crippen molar-refractivity contribution in [2.24, 2.45) is 7.05 Å². The van der Waals surface area contributed by atoms with E-state index in [0.717, 1.165) is 36.2 Å². The van der Waals surface area contributed by atoms with E-state index in [4.69, 9.17) is 0 Å². The SMILES string of the molecule is Cc1ccc(-c2cn[nH]c2[C@@H]2CCCN(C(=O)c3ccn(C)n3)C2)cc1. The van der Waals surface area contributed by atoms with Crippen molar-refractivity contribution in [2.75, 3.05) is 13.1 Å². The lowest BCUT2D eigenvalue weighted by Gasteiger charge is -2.32. The lowest BCUT2D eigenvalue weighted by atomic mass is 9.90. The van der Waals surface area contributed by atoms with E-state index >= 15 is 0 Å². The molecule has 134 valence electrons. The Morgan fingerprint density at radius 1 is 1.23 bits per heavy atom. The normalized spacial score (nSPS) is 17.5. The van der Waals surface area contributed by atoms with Crippen molar-refractivity contribution >= 4 is 5.91 Å². The summed E-state index contributed by atoms with van der Waals surface area (Å²) < 4.78 is 1.67. The third-order valence-electron chi connectivity index (χ3n) is 5.08. The molecule has 1 fully saturated rings. The molecule has 1 aliphatic rings. The third kappa shape index (κ3) is 3.14. The Bertz CT molecular complexity index is 908. The first-order valence-electron chi connectivity index (χ1n) is 9.01. The number of likely N-dealkylation sites (tertiary alicyclic amines) is 1. The first-order valence-corrected chi connectivity index (χ1v) is 9.01. The maximum atomic E-state index is 12.7. The van der Waals surface area contributed by atoms with Crippen LogP contribution in [-0.4, -0.2) is 43.9 Å². The maximum absolute atomic E-state index is 12.7. The van der Waals surface area contributed by atoms with Crippen molar-refractivity contribution in [3.63, 3.8) is 0 Å². The molecule has 0 aliphatic carbocycles. The van der Waals surface area contributed by atoms with E-state index in [-0.39, 0.29) is 11.8 Å². The van der Waals surface area contributed by atoms with Gasteiger partial charge in [0.15, 0.2) is 0 Å². The average Bonchev–Trinajstić information content (AvgIpc) is 3.31. The topological polar surface area (TPSA) is 66.8 Å². The molecular weight excluding hydrogens is 326 g/mol. The lowest BCUT2D eigenvalue weighted by molar-refractivity contribution is 0.0699. The maximum Gasteiger partial charge on any atom is 0.274 e. The van der Waals surface area contributed by atoms with E-state index in [9.17, 15) is 4.79 Å². The standard InChI is InChI=1S/C20H23N5O/c1-14-5-7-15(8-6-14)17-12-21-22-19(17)16-4-3-10-25(13-16)20(26)18-9-11-24(2)23-18/h5-9,11-12,16H,3-4,10,13H2,1-2H3,(H,21,22)/t16-/m1/s1. The van der Waals surface area contributed by atoms with Crippen LogP contribution in [0.2, 0.25) is 0 Å². The zero-order valence-corrected chi connectivity index (χ0v) is 15.1. The van der Waals surface area contributed by atoms with Crippen LogP contribution in [0.3, 0.4) is 0 Å². The number of piperidine rings is 1. The van der Waals surface area contributed by atoms with Crippen LogP contribution < -0.4 is 0 Å². The summed E-state index contributed by atoms with van der Waals surface area (Å²) >= 11 is 0. The van der Waals surface area contributed by atoms with Crippen molar-refractivity contribution in [2.45, 2.75) is 25.7 Å². The van der Waals surface area contributed by atoms with Crippen LogP contribution in [0.15, 0.2) is 42.7 Å². The molecular formula is C20H23N5O. The minimum Gasteiger partial charge on any atom is -0.337 e. The zero-order chi connectivity index (χ0) is 18.1. The monoisotopic (exact) mass is 349 g/mol. The molecule has 1 N–H and O–H groups in total. The molecule has 6 heteroatoms. The Hall–Kier alpha value is -2.89. The number of nitrogens with one attached hydrogen (secondary N) is 1. The summed E-state index contributed by atoms with van der Waals surface area (Å²) in [5, 5.41) is 11.7. The van der Waals surface area contributed by atoms with Gasteiger partial charge in [-0.05, 0) is 31.4 Å². The summed E-state index contributed by atoms with van der Waals surface area (Å²) in [6, 6.07) is 10.3. The van der Waals surface area contributed by atoms with Crippen molar-refractivity contribution in [3.8, 4) is 11.1 Å². The molecule has 1 saturated heterocycles. The molecule has 0 saturated carbocycles. The summed E-state index contributed by atoms with van der Waals surface area (Å²) in [5.74, 6) is 0.266. The van der Waals surface area contributed by atoms with Gasteiger partial charge in [0.05, 0.1) is 6.20 Å². The Labute approximate surface area is 152 Å². The minimum atomic E-state index is 0.00620. The second-order valence-electron chi connectivity index (χ2n) is 7.03. The molecule has 1 atom stereocenters. The van der Waals surface area contributed by atoms with Crippen molar-refractivity contribution in [1.29, 1.82) is 0 Å². The van der Waals surface area contributed by atoms with Crippen LogP contribution >= 0.6 is 0 Å². The highest BCUT2D eigenvalue weighted by atomic mass is 16.2. The predicted octanol–water partition coefficient (Wildman–Crippen LogP) is 3.14. The van der Waals surface area contributed by atoms with Crippen LogP contribution in [0.25, 0.3) is 11.1 Å². The molecule has 3 aromatic rings. The Morgan fingerprint density at radius 3 is 2.77 bits per heavy atom. The second-order valence-corrected chi connectivity index (χ2v) is 7.03. The van der Waals surface area contributed by atoms with Crippen LogP contribution in [0.1, 0.15) is 40.5 Å². The zero-order valence-electron chi connectivity index (χ0n) is 15.1. The fourth-order valence-electron chi connectivity index (χ4n) is 3.66. The molecule has 0 radical (unpaired) electrons. The number of rotatable bonds is 3. The number of hydrogen-bond donors (Lipinski definition) is 1. The summed E-state index contributed by atoms with van der Waals surface area (Å²) in [4.78, 5) is 14.7. The number of nitrogens with zero attached hydrogens (tertiary/aromatic N) is 4. The van der Waals surface area contributed by atoms with Gasteiger partial charge in [-0.15, -0.1) is 0 Å². The molecule has 1 aliphatic heterocycles. The average molecular weight is 349 g/mol. The Balaban J connectivity index is 1.56. The number of aryl methyl sites for hydroxylation is 2. The molecule has 0 spiro atoms. The summed E-state index contributed by atoms with van der Waals surface area (Å²) in [6.45, 7) is 3.55. The number of aromatic amines is 1. The van der Waals surface area contributed by atoms with Gasteiger partial charge < -0.3 is 4.90 Å². The summed E-state index contributed by atoms with van der Waals surface area (Å²) in [6.07, 6.45) is 5.72. The van der Waals surface area contributed by atoms with Gasteiger partial charge in [-0.1, -0.05) is 29.8 Å². The summed E-state index contributed by atoms with van der Waals surface area (Å²) in [5.41, 5.74) is 5.15. The Kier molecular flexibility index (Phi) is 4.32. The predicted molar refractivity (Wildman–Crippen MR) is 99.8 cm³/mol. The number of hydrogen-bond acceptors (Lipinski definition) is 3. The highest BCUT2D eigenvalue weighted by Gasteiger charge is 2.29. The number of carbonyl (C=O) groups excluding carboxylic acids is 1. The van der Waals surface area contributed by atoms with Crippen molar-refractivity contribution in [1.82, 2.24) is 24.9 Å². The Morgan fingerprint density at radius 2 is 2.04 bits per heavy atom. The number of aromatic nitrogens is 4. The molecule has 6 nitrogen and oxygen atoms in total. The number of amides is 1. The molecule has 4 rings (SSSR count). The van der Waals surface area contributed by atoms with Gasteiger partial charge in [-0.3, -0.25) is 14.6 Å². The molecule has 3 heterocycles. The third-order valence-corrected chi connectivity index (χ3v) is 5.08. The summed E-state index contributed by atoms with van der Waals surface area (Å²) in [7, 11) is 1.83. The van der Waals surface area contributed by atoms with E-state index in [2.05, 4.69) is 46.5 Å². The van der Waals surface area contributed by atoms with Gasteiger partial charge in [0, 0.05) is 43.5 Å². The number of H-pyrrole nitrogens is 1. The van der Waals surface area contributed by atoms with Gasteiger partial charge in [0.2, 0.25) is 0 Å². The second kappa shape index (κ2) is 6.78. The van der Waals surface area contributed by atoms with Gasteiger partial charge in [0.25, 0.3) is 5.91 Å².